The number of Topliss-reactive ketones (excluding diaryl/α,β-unsaturated/α-hetero) is 4. The molecule has 5 amide bonds. The van der Waals surface area contributed by atoms with Gasteiger partial charge in [-0.1, -0.05) is 104 Å². The van der Waals surface area contributed by atoms with Crippen LogP contribution in [0.5, 0.6) is 0 Å². The molecule has 29 heteroatoms. The summed E-state index contributed by atoms with van der Waals surface area (Å²) in [4.78, 5) is 166. The first-order chi connectivity index (χ1) is 45.7. The number of aromatic amines is 1. The number of primary amides is 1. The number of amides is 5. The van der Waals surface area contributed by atoms with Crippen LogP contribution in [-0.4, -0.2) is 191 Å². The third kappa shape index (κ3) is 45.4. The normalized spacial score (nSPS) is 13.3. The molecule has 0 aliphatic heterocycles. The van der Waals surface area contributed by atoms with E-state index in [0.717, 1.165) is 51.4 Å². The first-order valence-corrected chi connectivity index (χ1v) is 34.2. The zero-order valence-corrected chi connectivity index (χ0v) is 56.9. The highest BCUT2D eigenvalue weighted by molar-refractivity contribution is 5.94. The summed E-state index contributed by atoms with van der Waals surface area (Å²) in [6.07, 6.45) is 18.7. The van der Waals surface area contributed by atoms with Gasteiger partial charge >= 0.3 is 23.9 Å². The summed E-state index contributed by atoms with van der Waals surface area (Å²) in [7, 11) is 0. The number of H-pyrrole nitrogens is 1. The summed E-state index contributed by atoms with van der Waals surface area (Å²) in [5.41, 5.74) is 11.4. The number of unbranched alkanes of at least 4 members (excludes halogenated alkanes) is 14. The Morgan fingerprint density at radius 1 is 0.521 bits per heavy atom. The van der Waals surface area contributed by atoms with Gasteiger partial charge in [-0.3, -0.25) is 52.7 Å². The Balaban J connectivity index is 2.15. The van der Waals surface area contributed by atoms with E-state index in [1.807, 2.05) is 0 Å². The Bertz CT molecular complexity index is 2500. The minimum absolute atomic E-state index is 0.00232. The fraction of sp³-hybridized carbons (Fsp3) is 0.761. The number of carboxylic acids is 4. The van der Waals surface area contributed by atoms with Gasteiger partial charge in [0.1, 0.15) is 36.9 Å². The lowest BCUT2D eigenvalue weighted by Crippen LogP contribution is -2.42. The van der Waals surface area contributed by atoms with Crippen molar-refractivity contribution in [3.8, 4) is 0 Å². The molecule has 546 valence electrons. The molecule has 29 nitrogen and oxygen atoms in total. The molecule has 6 atom stereocenters. The van der Waals surface area contributed by atoms with Gasteiger partial charge in [-0.05, 0) is 57.8 Å². The van der Waals surface area contributed by atoms with Gasteiger partial charge in [0.25, 0.3) is 0 Å². The number of rotatable bonds is 65. The molecular formula is C67H112N8O21. The van der Waals surface area contributed by atoms with Crippen molar-refractivity contribution < 1.29 is 102 Å². The summed E-state index contributed by atoms with van der Waals surface area (Å²) in [5.74, 6) is -11.0. The Kier molecular flexibility index (Phi) is 48.0. The van der Waals surface area contributed by atoms with Gasteiger partial charge in [-0.15, -0.1) is 0 Å². The third-order valence-corrected chi connectivity index (χ3v) is 16.3. The highest BCUT2D eigenvalue weighted by atomic mass is 16.5. The fourth-order valence-electron chi connectivity index (χ4n) is 10.7. The molecule has 96 heavy (non-hydrogen) atoms. The number of hydrogen-bond acceptors (Lipinski definition) is 19. The van der Waals surface area contributed by atoms with E-state index in [9.17, 15) is 77.6 Å². The smallest absolute Gasteiger partial charge is 0.326 e. The van der Waals surface area contributed by atoms with Crippen LogP contribution in [0.15, 0.2) is 12.5 Å². The van der Waals surface area contributed by atoms with Crippen molar-refractivity contribution in [3.05, 3.63) is 18.2 Å². The van der Waals surface area contributed by atoms with Crippen LogP contribution in [0.2, 0.25) is 0 Å². The molecule has 0 fully saturated rings. The van der Waals surface area contributed by atoms with Crippen molar-refractivity contribution in [3.63, 3.8) is 0 Å². The van der Waals surface area contributed by atoms with Crippen molar-refractivity contribution >= 4 is 76.5 Å². The number of imidazole rings is 1. The maximum atomic E-state index is 13.4. The van der Waals surface area contributed by atoms with Crippen molar-refractivity contribution in [1.82, 2.24) is 31.2 Å². The summed E-state index contributed by atoms with van der Waals surface area (Å²) >= 11 is 0. The predicted molar refractivity (Wildman–Crippen MR) is 352 cm³/mol. The lowest BCUT2D eigenvalue weighted by Gasteiger charge is -2.28. The minimum Gasteiger partial charge on any atom is -0.481 e. The second-order valence-electron chi connectivity index (χ2n) is 25.3. The van der Waals surface area contributed by atoms with Crippen LogP contribution in [0.1, 0.15) is 219 Å². The number of carbonyl (C=O) groups is 13. The monoisotopic (exact) mass is 1360 g/mol. The number of hydrogen-bond donors (Lipinski definition) is 11. The van der Waals surface area contributed by atoms with Crippen molar-refractivity contribution in [2.45, 2.75) is 238 Å². The average molecular weight is 1370 g/mol. The predicted octanol–water partition coefficient (Wildman–Crippen LogP) is 5.25. The second-order valence-corrected chi connectivity index (χ2v) is 25.3. The first-order valence-electron chi connectivity index (χ1n) is 34.2. The molecule has 0 saturated heterocycles. The average Bonchev–Trinajstić information content (AvgIpc) is 0.906. The maximum absolute atomic E-state index is 13.4. The molecule has 0 saturated carbocycles. The Labute approximate surface area is 564 Å². The van der Waals surface area contributed by atoms with Gasteiger partial charge in [-0.25, -0.2) is 14.6 Å². The van der Waals surface area contributed by atoms with E-state index in [-0.39, 0.29) is 153 Å². The highest BCUT2D eigenvalue weighted by Crippen LogP contribution is 2.31. The summed E-state index contributed by atoms with van der Waals surface area (Å²) in [6.45, 7) is 5.31. The van der Waals surface area contributed by atoms with E-state index >= 15 is 0 Å². The topological polar surface area (TPSA) is 469 Å². The van der Waals surface area contributed by atoms with Crippen LogP contribution in [0.25, 0.3) is 0 Å². The Morgan fingerprint density at radius 3 is 1.59 bits per heavy atom. The van der Waals surface area contributed by atoms with Gasteiger partial charge in [-0.2, -0.15) is 0 Å². The molecule has 1 aromatic rings. The lowest BCUT2D eigenvalue weighted by atomic mass is 9.74. The van der Waals surface area contributed by atoms with Gasteiger partial charge in [0.05, 0.1) is 51.3 Å². The number of ether oxygens (including phenoxy) is 4. The van der Waals surface area contributed by atoms with Crippen LogP contribution in [0, 0.1) is 23.2 Å². The lowest BCUT2D eigenvalue weighted by molar-refractivity contribution is -0.145. The number of nitrogens with zero attached hydrogens (tertiary/aromatic N) is 1. The van der Waals surface area contributed by atoms with Gasteiger partial charge < -0.3 is 77.1 Å². The zero-order valence-electron chi connectivity index (χ0n) is 56.9. The Morgan fingerprint density at radius 2 is 1.04 bits per heavy atom. The molecule has 13 N–H and O–H groups in total. The molecule has 1 rings (SSSR count). The molecule has 1 heterocycles. The second kappa shape index (κ2) is 53.0. The summed E-state index contributed by atoms with van der Waals surface area (Å²) in [6, 6.07) is -3.44. The number of ketones is 4. The van der Waals surface area contributed by atoms with Crippen molar-refractivity contribution in [2.75, 3.05) is 65.9 Å². The number of aliphatic carboxylic acids is 4. The number of carboxylic acid groups (broad SMARTS) is 4. The van der Waals surface area contributed by atoms with E-state index in [4.69, 9.17) is 35.5 Å². The van der Waals surface area contributed by atoms with Gasteiger partial charge in [0.2, 0.25) is 29.5 Å². The van der Waals surface area contributed by atoms with Gasteiger partial charge in [0.15, 0.2) is 11.6 Å². The highest BCUT2D eigenvalue weighted by Gasteiger charge is 2.36. The van der Waals surface area contributed by atoms with E-state index in [0.29, 0.717) is 37.8 Å². The van der Waals surface area contributed by atoms with Crippen LogP contribution in [0.4, 0.5) is 0 Å². The standard InChI is InChI=1S/C67H112N8O21/c1-47(62(85)67(2,3)42-56(78)53(68)41-50-43-70-46-73-50)39-48(63(69)86)21-18-19-31-71-57(79)30-28-55(66(91)92)75-59(81)29-25-49(64(87)88)40-52(77)44-95-37-36-94-34-32-72-60(82)45-96-38-35-93-33-20-22-51(76)26-27-54(65(89)90)74-58(80)23-16-14-12-10-8-6-4-5-7-9-11-13-15-17-24-61(83)84/h43,46-49,53-55H,4-42,44-45,68H2,1-3H3,(H2,69,86)(H,70,73)(H,71,79)(H,72,82)(H,74,80)(H,75,81)(H,83,84)(H,87,88)(H,89,90)(H,91,92)/t47?,48-,49-,53+,54+,55+/m1/s1. The van der Waals surface area contributed by atoms with Crippen molar-refractivity contribution in [1.29, 1.82) is 0 Å². The molecule has 1 aromatic heterocycles. The van der Waals surface area contributed by atoms with E-state index in [1.54, 1.807) is 27.0 Å². The van der Waals surface area contributed by atoms with E-state index < -0.39 is 114 Å². The number of nitrogens with one attached hydrogen (secondary N) is 5. The largest absolute Gasteiger partial charge is 0.481 e. The molecule has 0 spiro atoms. The molecule has 0 aromatic carbocycles. The summed E-state index contributed by atoms with van der Waals surface area (Å²) < 4.78 is 21.5. The van der Waals surface area contributed by atoms with Crippen LogP contribution in [0.3, 0.4) is 0 Å². The van der Waals surface area contributed by atoms with E-state index in [2.05, 4.69) is 31.2 Å². The third-order valence-electron chi connectivity index (χ3n) is 16.3. The SMILES string of the molecule is CC(C[C@@H](CCCCNC(=O)CC[C@H](NC(=O)CC[C@H](CC(=O)COCCOCCNC(=O)COCCOCCCC(=O)CC[C@H](NC(=O)CCCCCCCCCCCCCCCCC(=O)O)C(=O)O)C(=O)O)C(=O)O)C(N)=O)C(=O)C(C)(C)CC(=O)[C@@H](N)Cc1cnc[nH]1. The van der Waals surface area contributed by atoms with E-state index in [1.165, 1.54) is 38.4 Å². The molecular weight excluding hydrogens is 1250 g/mol. The van der Waals surface area contributed by atoms with Crippen LogP contribution < -0.4 is 32.7 Å². The molecule has 1 unspecified atom stereocenters. The zero-order chi connectivity index (χ0) is 71.5. The summed E-state index contributed by atoms with van der Waals surface area (Å²) in [5, 5.41) is 47.8. The molecule has 0 radical (unpaired) electrons. The number of carbonyl (C=O) groups excluding carboxylic acids is 9. The Hall–Kier alpha value is -7.08. The van der Waals surface area contributed by atoms with Crippen LogP contribution in [-0.2, 0) is 87.7 Å². The molecule has 0 bridgehead atoms. The van der Waals surface area contributed by atoms with Gasteiger partial charge in [0, 0.05) is 107 Å². The van der Waals surface area contributed by atoms with Crippen molar-refractivity contribution in [2.24, 2.45) is 34.6 Å². The fourth-order valence-corrected chi connectivity index (χ4v) is 10.7. The maximum Gasteiger partial charge on any atom is 0.326 e. The number of aromatic nitrogens is 2. The quantitative estimate of drug-likeness (QED) is 0.0371. The van der Waals surface area contributed by atoms with Crippen LogP contribution >= 0.6 is 0 Å². The minimum atomic E-state index is -1.47. The first kappa shape index (κ1) is 86.9. The molecule has 0 aliphatic carbocycles. The molecule has 0 aliphatic rings. The number of nitrogens with two attached hydrogens (primary N) is 2.